The van der Waals surface area contributed by atoms with E-state index in [1.165, 1.54) is 5.56 Å². The normalized spacial score (nSPS) is 10.3. The van der Waals surface area contributed by atoms with Gasteiger partial charge in [-0.3, -0.25) is 4.79 Å². The highest BCUT2D eigenvalue weighted by molar-refractivity contribution is 7.99. The molecule has 1 N–H and O–H groups in total. The third-order valence-electron chi connectivity index (χ3n) is 3.38. The van der Waals surface area contributed by atoms with Crippen LogP contribution in [0.4, 0.5) is 5.69 Å². The first-order valence-corrected chi connectivity index (χ1v) is 9.05. The van der Waals surface area contributed by atoms with E-state index in [9.17, 15) is 4.79 Å². The van der Waals surface area contributed by atoms with Gasteiger partial charge in [-0.05, 0) is 37.1 Å². The van der Waals surface area contributed by atoms with Gasteiger partial charge < -0.3 is 10.1 Å². The number of ether oxygens (including phenoxy) is 1. The highest BCUT2D eigenvalue weighted by Gasteiger charge is 2.06. The van der Waals surface area contributed by atoms with Gasteiger partial charge in [0.25, 0.3) is 0 Å². The molecule has 0 heterocycles. The molecule has 2 aromatic rings. The Morgan fingerprint density at radius 3 is 2.74 bits per heavy atom. The monoisotopic (exact) mass is 329 g/mol. The largest absolute Gasteiger partial charge is 0.494 e. The third kappa shape index (κ3) is 5.64. The number of hydrogen-bond donors (Lipinski definition) is 1. The van der Waals surface area contributed by atoms with Crippen LogP contribution in [-0.4, -0.2) is 18.3 Å². The van der Waals surface area contributed by atoms with Gasteiger partial charge in [-0.15, -0.1) is 11.8 Å². The third-order valence-corrected chi connectivity index (χ3v) is 4.36. The summed E-state index contributed by atoms with van der Waals surface area (Å²) in [6, 6.07) is 16.0. The summed E-state index contributed by atoms with van der Waals surface area (Å²) in [6.07, 6.45) is 0.965. The summed E-state index contributed by atoms with van der Waals surface area (Å²) in [5.74, 6) is 2.12. The molecule has 0 aliphatic rings. The Morgan fingerprint density at radius 1 is 1.13 bits per heavy atom. The molecule has 4 heteroatoms. The van der Waals surface area contributed by atoms with Crippen LogP contribution in [0.1, 0.15) is 25.0 Å². The molecule has 0 atom stereocenters. The maximum absolute atomic E-state index is 12.0. The smallest absolute Gasteiger partial charge is 0.234 e. The van der Waals surface area contributed by atoms with Gasteiger partial charge in [0, 0.05) is 17.0 Å². The number of carbonyl (C=O) groups excluding carboxylic acids is 1. The van der Waals surface area contributed by atoms with Gasteiger partial charge >= 0.3 is 0 Å². The second-order valence-corrected chi connectivity index (χ2v) is 6.12. The van der Waals surface area contributed by atoms with Crippen molar-refractivity contribution in [3.8, 4) is 5.75 Å². The first-order chi connectivity index (χ1) is 11.2. The van der Waals surface area contributed by atoms with E-state index in [1.807, 2.05) is 49.4 Å². The van der Waals surface area contributed by atoms with Crippen LogP contribution >= 0.6 is 11.8 Å². The predicted molar refractivity (Wildman–Crippen MR) is 98.2 cm³/mol. The van der Waals surface area contributed by atoms with E-state index in [-0.39, 0.29) is 5.91 Å². The van der Waals surface area contributed by atoms with Gasteiger partial charge in [0.1, 0.15) is 5.75 Å². The summed E-state index contributed by atoms with van der Waals surface area (Å²) in [6.45, 7) is 4.73. The molecule has 0 saturated heterocycles. The van der Waals surface area contributed by atoms with E-state index < -0.39 is 0 Å². The average Bonchev–Trinajstić information content (AvgIpc) is 2.57. The predicted octanol–water partition coefficient (Wildman–Crippen LogP) is 4.52. The number of benzene rings is 2. The van der Waals surface area contributed by atoms with Gasteiger partial charge in [0.05, 0.1) is 12.4 Å². The van der Waals surface area contributed by atoms with Crippen molar-refractivity contribution in [3.05, 3.63) is 59.7 Å². The summed E-state index contributed by atoms with van der Waals surface area (Å²) in [4.78, 5) is 12.0. The lowest BCUT2D eigenvalue weighted by molar-refractivity contribution is -0.113. The summed E-state index contributed by atoms with van der Waals surface area (Å²) < 4.78 is 5.60. The molecule has 122 valence electrons. The van der Waals surface area contributed by atoms with Gasteiger partial charge in [-0.25, -0.2) is 0 Å². The Balaban J connectivity index is 1.83. The van der Waals surface area contributed by atoms with E-state index in [1.54, 1.807) is 11.8 Å². The Bertz CT molecular complexity index is 643. The molecular weight excluding hydrogens is 306 g/mol. The molecule has 0 aliphatic carbocycles. The van der Waals surface area contributed by atoms with Crippen molar-refractivity contribution in [2.24, 2.45) is 0 Å². The van der Waals surface area contributed by atoms with Gasteiger partial charge in [0.2, 0.25) is 5.91 Å². The number of anilines is 1. The molecule has 3 nitrogen and oxygen atoms in total. The van der Waals surface area contributed by atoms with Gasteiger partial charge in [-0.2, -0.15) is 0 Å². The zero-order valence-electron chi connectivity index (χ0n) is 13.7. The Labute approximate surface area is 142 Å². The Hall–Kier alpha value is -1.94. The first-order valence-electron chi connectivity index (χ1n) is 7.90. The topological polar surface area (TPSA) is 38.3 Å². The number of thioether (sulfide) groups is 1. The lowest BCUT2D eigenvalue weighted by Crippen LogP contribution is -2.14. The summed E-state index contributed by atoms with van der Waals surface area (Å²) in [7, 11) is 0. The minimum atomic E-state index is 0.0251. The minimum Gasteiger partial charge on any atom is -0.494 e. The molecule has 0 fully saturated rings. The van der Waals surface area contributed by atoms with E-state index in [0.717, 1.165) is 29.2 Å². The Kier molecular flexibility index (Phi) is 7.01. The lowest BCUT2D eigenvalue weighted by Gasteiger charge is -2.10. The highest BCUT2D eigenvalue weighted by Crippen LogP contribution is 2.23. The minimum absolute atomic E-state index is 0.0251. The molecule has 0 aliphatic heterocycles. The molecule has 0 bridgehead atoms. The summed E-state index contributed by atoms with van der Waals surface area (Å²) in [5, 5.41) is 2.95. The van der Waals surface area contributed by atoms with Crippen molar-refractivity contribution in [1.82, 2.24) is 0 Å². The summed E-state index contributed by atoms with van der Waals surface area (Å²) >= 11 is 1.59. The quantitative estimate of drug-likeness (QED) is 0.774. The maximum Gasteiger partial charge on any atom is 0.234 e. The van der Waals surface area contributed by atoms with Crippen molar-refractivity contribution in [1.29, 1.82) is 0 Å². The maximum atomic E-state index is 12.0. The zero-order chi connectivity index (χ0) is 16.5. The number of aryl methyl sites for hydroxylation is 1. The van der Waals surface area contributed by atoms with Crippen molar-refractivity contribution in [2.75, 3.05) is 17.7 Å². The standard InChI is InChI=1S/C19H23NO2S/c1-3-15-8-7-10-17(12-15)20-19(21)14-23-13-16-9-5-6-11-18(16)22-4-2/h5-12H,3-4,13-14H2,1-2H3,(H,20,21). The van der Waals surface area contributed by atoms with Crippen molar-refractivity contribution >= 4 is 23.4 Å². The molecule has 2 aromatic carbocycles. The molecule has 2 rings (SSSR count). The molecule has 0 saturated carbocycles. The van der Waals surface area contributed by atoms with E-state index in [2.05, 4.69) is 18.3 Å². The van der Waals surface area contributed by atoms with Crippen LogP contribution in [0.15, 0.2) is 48.5 Å². The van der Waals surface area contributed by atoms with Crippen molar-refractivity contribution < 1.29 is 9.53 Å². The number of carbonyl (C=O) groups is 1. The molecule has 1 amide bonds. The fourth-order valence-corrected chi connectivity index (χ4v) is 3.06. The van der Waals surface area contributed by atoms with E-state index >= 15 is 0 Å². The van der Waals surface area contributed by atoms with Crippen LogP contribution < -0.4 is 10.1 Å². The Morgan fingerprint density at radius 2 is 1.96 bits per heavy atom. The van der Waals surface area contributed by atoms with Gasteiger partial charge in [-0.1, -0.05) is 37.3 Å². The average molecular weight is 329 g/mol. The van der Waals surface area contributed by atoms with E-state index in [0.29, 0.717) is 12.4 Å². The molecular formula is C19H23NO2S. The molecule has 0 radical (unpaired) electrons. The van der Waals surface area contributed by atoms with Crippen LogP contribution in [0.2, 0.25) is 0 Å². The summed E-state index contributed by atoms with van der Waals surface area (Å²) in [5.41, 5.74) is 3.21. The van der Waals surface area contributed by atoms with Gasteiger partial charge in [0.15, 0.2) is 0 Å². The molecule has 0 unspecified atom stereocenters. The van der Waals surface area contributed by atoms with Crippen LogP contribution in [-0.2, 0) is 17.0 Å². The number of hydrogen-bond acceptors (Lipinski definition) is 3. The van der Waals surface area contributed by atoms with Crippen molar-refractivity contribution in [3.63, 3.8) is 0 Å². The van der Waals surface area contributed by atoms with Crippen LogP contribution in [0, 0.1) is 0 Å². The lowest BCUT2D eigenvalue weighted by atomic mass is 10.1. The van der Waals surface area contributed by atoms with E-state index in [4.69, 9.17) is 4.74 Å². The molecule has 0 spiro atoms. The van der Waals surface area contributed by atoms with Crippen LogP contribution in [0.3, 0.4) is 0 Å². The number of para-hydroxylation sites is 1. The highest BCUT2D eigenvalue weighted by atomic mass is 32.2. The second-order valence-electron chi connectivity index (χ2n) is 5.14. The number of rotatable bonds is 8. The fourth-order valence-electron chi connectivity index (χ4n) is 2.24. The zero-order valence-corrected chi connectivity index (χ0v) is 14.5. The second kappa shape index (κ2) is 9.26. The van der Waals surface area contributed by atoms with Crippen LogP contribution in [0.5, 0.6) is 5.75 Å². The van der Waals surface area contributed by atoms with Crippen LogP contribution in [0.25, 0.3) is 0 Å². The molecule has 23 heavy (non-hydrogen) atoms. The fraction of sp³-hybridized carbons (Fsp3) is 0.316. The number of nitrogens with one attached hydrogen (secondary N) is 1. The number of amides is 1. The molecule has 0 aromatic heterocycles. The SMILES string of the molecule is CCOc1ccccc1CSCC(=O)Nc1cccc(CC)c1. The van der Waals surface area contributed by atoms with Crippen molar-refractivity contribution in [2.45, 2.75) is 26.0 Å². The first kappa shape index (κ1) is 17.4.